The number of hydrogen-bond donors (Lipinski definition) is 0. The van der Waals surface area contributed by atoms with Crippen LogP contribution in [0.2, 0.25) is 0 Å². The first kappa shape index (κ1) is 28.6. The Morgan fingerprint density at radius 3 is 1.76 bits per heavy atom. The lowest BCUT2D eigenvalue weighted by Crippen LogP contribution is -2.00. The Hall–Kier alpha value is -6.43. The minimum atomic E-state index is 0.598. The second kappa shape index (κ2) is 11.6. The summed E-state index contributed by atoms with van der Waals surface area (Å²) in [6, 6.07) is 56.9. The van der Waals surface area contributed by atoms with E-state index in [1.54, 1.807) is 11.3 Å². The number of fused-ring (bicyclic) bond motifs is 6. The quantitative estimate of drug-likeness (QED) is 0.185. The van der Waals surface area contributed by atoms with Gasteiger partial charge in [0.15, 0.2) is 17.5 Å². The van der Waals surface area contributed by atoms with E-state index in [4.69, 9.17) is 19.4 Å². The van der Waals surface area contributed by atoms with Gasteiger partial charge in [-0.25, -0.2) is 15.0 Å². The average Bonchev–Trinajstić information content (AvgIpc) is 3.76. The number of rotatable bonds is 5. The molecule has 0 radical (unpaired) electrons. The SMILES string of the molecule is c1ccc(-c2ccc(-c3nc(-c4ccc5c(c4)oc4ccccc45)nc(-c4cccc5sc6ccc(-c7ccccc7)cc6c45)n3)cc2)cc1. The lowest BCUT2D eigenvalue weighted by Gasteiger charge is -2.10. The fourth-order valence-electron chi connectivity index (χ4n) is 6.89. The van der Waals surface area contributed by atoms with Crippen molar-refractivity contribution in [2.75, 3.05) is 0 Å². The number of aromatic nitrogens is 3. The highest BCUT2D eigenvalue weighted by molar-refractivity contribution is 7.26. The number of benzene rings is 7. The van der Waals surface area contributed by atoms with E-state index in [0.717, 1.165) is 49.6 Å². The molecule has 0 saturated carbocycles. The zero-order valence-electron chi connectivity index (χ0n) is 26.7. The molecule has 7 aromatic carbocycles. The molecule has 0 aliphatic carbocycles. The van der Waals surface area contributed by atoms with Crippen molar-refractivity contribution in [3.05, 3.63) is 164 Å². The molecule has 234 valence electrons. The standard InChI is InChI=1S/C45H27N3OS/c1-3-10-28(11-4-1)30-18-20-31(21-19-30)43-46-44(33-22-24-35-34-14-7-8-16-38(34)49-39(35)27-33)48-45(47-43)36-15-9-17-41-42(36)37-26-32(23-25-40(37)50-41)29-12-5-2-6-13-29/h1-27H. The first-order chi connectivity index (χ1) is 24.7. The van der Waals surface area contributed by atoms with E-state index in [1.165, 1.54) is 31.5 Å². The Labute approximate surface area is 292 Å². The summed E-state index contributed by atoms with van der Waals surface area (Å²) in [4.78, 5) is 15.4. The summed E-state index contributed by atoms with van der Waals surface area (Å²) >= 11 is 1.79. The molecule has 0 aliphatic heterocycles. The van der Waals surface area contributed by atoms with E-state index in [1.807, 2.05) is 30.3 Å². The first-order valence-corrected chi connectivity index (χ1v) is 17.4. The smallest absolute Gasteiger partial charge is 0.164 e. The normalized spacial score (nSPS) is 11.6. The van der Waals surface area contributed by atoms with E-state index in [2.05, 4.69) is 133 Å². The van der Waals surface area contributed by atoms with Crippen LogP contribution >= 0.6 is 11.3 Å². The maximum atomic E-state index is 6.27. The van der Waals surface area contributed by atoms with Gasteiger partial charge in [-0.3, -0.25) is 0 Å². The van der Waals surface area contributed by atoms with Gasteiger partial charge >= 0.3 is 0 Å². The predicted molar refractivity (Wildman–Crippen MR) is 207 cm³/mol. The van der Waals surface area contributed by atoms with Gasteiger partial charge in [-0.2, -0.15) is 0 Å². The summed E-state index contributed by atoms with van der Waals surface area (Å²) in [6.45, 7) is 0. The molecule has 0 aliphatic rings. The van der Waals surface area contributed by atoms with E-state index < -0.39 is 0 Å². The van der Waals surface area contributed by atoms with E-state index >= 15 is 0 Å². The third-order valence-electron chi connectivity index (χ3n) is 9.37. The van der Waals surface area contributed by atoms with Crippen LogP contribution in [0.15, 0.2) is 168 Å². The van der Waals surface area contributed by atoms with Gasteiger partial charge in [0.2, 0.25) is 0 Å². The Morgan fingerprint density at radius 1 is 0.360 bits per heavy atom. The van der Waals surface area contributed by atoms with Gasteiger partial charge in [0.05, 0.1) is 0 Å². The topological polar surface area (TPSA) is 51.8 Å². The van der Waals surface area contributed by atoms with E-state index in [9.17, 15) is 0 Å². The van der Waals surface area contributed by atoms with Crippen molar-refractivity contribution < 1.29 is 4.42 Å². The summed E-state index contributed by atoms with van der Waals surface area (Å²) in [5.41, 5.74) is 9.13. The fourth-order valence-corrected chi connectivity index (χ4v) is 8.00. The molecule has 0 amide bonds. The lowest BCUT2D eigenvalue weighted by molar-refractivity contribution is 0.669. The summed E-state index contributed by atoms with van der Waals surface area (Å²) in [5.74, 6) is 1.86. The van der Waals surface area contributed by atoms with Gasteiger partial charge < -0.3 is 4.42 Å². The number of furan rings is 1. The van der Waals surface area contributed by atoms with Crippen molar-refractivity contribution >= 4 is 53.4 Å². The van der Waals surface area contributed by atoms with Crippen molar-refractivity contribution in [1.82, 2.24) is 15.0 Å². The molecule has 0 unspecified atom stereocenters. The molecule has 0 spiro atoms. The minimum Gasteiger partial charge on any atom is -0.456 e. The fraction of sp³-hybridized carbons (Fsp3) is 0. The Kier molecular flexibility index (Phi) is 6.64. The van der Waals surface area contributed by atoms with Crippen LogP contribution in [0.3, 0.4) is 0 Å². The van der Waals surface area contributed by atoms with Crippen LogP contribution in [0.25, 0.3) is 98.5 Å². The first-order valence-electron chi connectivity index (χ1n) is 16.6. The second-order valence-corrected chi connectivity index (χ2v) is 13.5. The maximum Gasteiger partial charge on any atom is 0.164 e. The number of para-hydroxylation sites is 1. The number of nitrogens with zero attached hydrogens (tertiary/aromatic N) is 3. The monoisotopic (exact) mass is 657 g/mol. The van der Waals surface area contributed by atoms with Crippen molar-refractivity contribution in [3.8, 4) is 56.4 Å². The van der Waals surface area contributed by atoms with Crippen LogP contribution in [-0.4, -0.2) is 15.0 Å². The molecule has 4 nitrogen and oxygen atoms in total. The van der Waals surface area contributed by atoms with Gasteiger partial charge in [0.1, 0.15) is 11.2 Å². The largest absolute Gasteiger partial charge is 0.456 e. The van der Waals surface area contributed by atoms with Crippen molar-refractivity contribution in [2.45, 2.75) is 0 Å². The highest BCUT2D eigenvalue weighted by Crippen LogP contribution is 2.41. The lowest BCUT2D eigenvalue weighted by atomic mass is 10.0. The summed E-state index contributed by atoms with van der Waals surface area (Å²) < 4.78 is 8.70. The third-order valence-corrected chi connectivity index (χ3v) is 10.5. The average molecular weight is 658 g/mol. The van der Waals surface area contributed by atoms with Gasteiger partial charge in [0.25, 0.3) is 0 Å². The molecule has 50 heavy (non-hydrogen) atoms. The van der Waals surface area contributed by atoms with Crippen molar-refractivity contribution in [2.24, 2.45) is 0 Å². The highest BCUT2D eigenvalue weighted by Gasteiger charge is 2.18. The number of hydrogen-bond acceptors (Lipinski definition) is 5. The van der Waals surface area contributed by atoms with Crippen LogP contribution in [0, 0.1) is 0 Å². The zero-order chi connectivity index (χ0) is 33.0. The maximum absolute atomic E-state index is 6.27. The predicted octanol–water partition coefficient (Wildman–Crippen LogP) is 12.5. The van der Waals surface area contributed by atoms with Crippen molar-refractivity contribution in [3.63, 3.8) is 0 Å². The summed E-state index contributed by atoms with van der Waals surface area (Å²) in [5, 5.41) is 4.51. The zero-order valence-corrected chi connectivity index (χ0v) is 27.6. The summed E-state index contributed by atoms with van der Waals surface area (Å²) in [7, 11) is 0. The van der Waals surface area contributed by atoms with Crippen LogP contribution < -0.4 is 0 Å². The Bertz CT molecular complexity index is 2860. The Balaban J connectivity index is 1.18. The molecule has 3 aromatic heterocycles. The molecule has 0 saturated heterocycles. The molecule has 0 N–H and O–H groups in total. The van der Waals surface area contributed by atoms with Gasteiger partial charge in [-0.1, -0.05) is 127 Å². The van der Waals surface area contributed by atoms with E-state index in [0.29, 0.717) is 17.5 Å². The minimum absolute atomic E-state index is 0.598. The molecular weight excluding hydrogens is 631 g/mol. The van der Waals surface area contributed by atoms with Gasteiger partial charge in [-0.15, -0.1) is 11.3 Å². The molecule has 0 atom stereocenters. The van der Waals surface area contributed by atoms with Gasteiger partial charge in [0, 0.05) is 47.6 Å². The molecule has 3 heterocycles. The van der Waals surface area contributed by atoms with Crippen molar-refractivity contribution in [1.29, 1.82) is 0 Å². The molecule has 0 bridgehead atoms. The molecular formula is C45H27N3OS. The van der Waals surface area contributed by atoms with Crippen LogP contribution in [0.4, 0.5) is 0 Å². The molecule has 0 fully saturated rings. The molecule has 5 heteroatoms. The van der Waals surface area contributed by atoms with Gasteiger partial charge in [-0.05, 0) is 58.7 Å². The van der Waals surface area contributed by atoms with Crippen LogP contribution in [0.1, 0.15) is 0 Å². The third kappa shape index (κ3) is 4.87. The second-order valence-electron chi connectivity index (χ2n) is 12.4. The highest BCUT2D eigenvalue weighted by atomic mass is 32.1. The molecule has 10 rings (SSSR count). The summed E-state index contributed by atoms with van der Waals surface area (Å²) in [6.07, 6.45) is 0. The number of thiophene rings is 1. The Morgan fingerprint density at radius 2 is 0.960 bits per heavy atom. The van der Waals surface area contributed by atoms with E-state index in [-0.39, 0.29) is 0 Å². The van der Waals surface area contributed by atoms with Crippen LogP contribution in [0.5, 0.6) is 0 Å². The molecule has 10 aromatic rings. The van der Waals surface area contributed by atoms with Crippen LogP contribution in [-0.2, 0) is 0 Å².